The van der Waals surface area contributed by atoms with E-state index in [0.717, 1.165) is 0 Å². The highest BCUT2D eigenvalue weighted by Crippen LogP contribution is 2.23. The lowest BCUT2D eigenvalue weighted by molar-refractivity contribution is 0.0953. The number of benzene rings is 2. The summed E-state index contributed by atoms with van der Waals surface area (Å²) in [7, 11) is 1.54. The summed E-state index contributed by atoms with van der Waals surface area (Å²) in [6, 6.07) is 11.5. The molecule has 0 saturated carbocycles. The molecule has 0 radical (unpaired) electrons. The Kier molecular flexibility index (Phi) is 7.03. The molecule has 0 aliphatic carbocycles. The van der Waals surface area contributed by atoms with Gasteiger partial charge in [0.05, 0.1) is 17.7 Å². The third-order valence-electron chi connectivity index (χ3n) is 3.82. The molecule has 0 aliphatic rings. The van der Waals surface area contributed by atoms with Gasteiger partial charge in [0.25, 0.3) is 11.8 Å². The summed E-state index contributed by atoms with van der Waals surface area (Å²) < 4.78 is 5.11. The van der Waals surface area contributed by atoms with Crippen LogP contribution in [0.4, 0.5) is 5.13 Å². The average Bonchev–Trinajstić information content (AvgIpc) is 3.16. The fourth-order valence-electron chi connectivity index (χ4n) is 2.39. The molecule has 2 aromatic carbocycles. The summed E-state index contributed by atoms with van der Waals surface area (Å²) in [6.45, 7) is 0.374. The van der Waals surface area contributed by atoms with Gasteiger partial charge in [-0.3, -0.25) is 14.9 Å². The van der Waals surface area contributed by atoms with Crippen LogP contribution in [-0.4, -0.2) is 35.7 Å². The van der Waals surface area contributed by atoms with Crippen LogP contribution in [0.25, 0.3) is 0 Å². The number of anilines is 1. The highest BCUT2D eigenvalue weighted by molar-refractivity contribution is 7.15. The highest BCUT2D eigenvalue weighted by atomic mass is 35.5. The Hall–Kier alpha value is -2.68. The first kappa shape index (κ1) is 21.0. The fourth-order valence-corrected chi connectivity index (χ4v) is 3.50. The standard InChI is InChI=1S/C19H16Cl2N4O3S/c1-28-13-4-2-3-11(9-13)17(26)22-8-7-16-24-25-19(29-16)23-18(27)14-10-12(20)5-6-15(14)21/h2-6,9-10H,7-8H2,1H3,(H,22,26)(H,23,25,27). The number of carbonyl (C=O) groups excluding carboxylic acids is 2. The Labute approximate surface area is 181 Å². The number of hydrogen-bond donors (Lipinski definition) is 2. The van der Waals surface area contributed by atoms with Crippen molar-refractivity contribution in [3.63, 3.8) is 0 Å². The molecule has 3 aromatic rings. The summed E-state index contributed by atoms with van der Waals surface area (Å²) in [6.07, 6.45) is 0.473. The maximum Gasteiger partial charge on any atom is 0.259 e. The molecule has 150 valence electrons. The first-order valence-corrected chi connectivity index (χ1v) is 10.0. The van der Waals surface area contributed by atoms with Crippen LogP contribution < -0.4 is 15.4 Å². The first-order chi connectivity index (χ1) is 14.0. The van der Waals surface area contributed by atoms with Crippen molar-refractivity contribution in [2.45, 2.75) is 6.42 Å². The van der Waals surface area contributed by atoms with Crippen molar-refractivity contribution in [2.75, 3.05) is 19.0 Å². The lowest BCUT2D eigenvalue weighted by Gasteiger charge is -2.05. The van der Waals surface area contributed by atoms with Gasteiger partial charge in [-0.15, -0.1) is 10.2 Å². The fraction of sp³-hybridized carbons (Fsp3) is 0.158. The predicted molar refractivity (Wildman–Crippen MR) is 113 cm³/mol. The third kappa shape index (κ3) is 5.66. The van der Waals surface area contributed by atoms with E-state index in [9.17, 15) is 9.59 Å². The van der Waals surface area contributed by atoms with Crippen LogP contribution >= 0.6 is 34.5 Å². The van der Waals surface area contributed by atoms with Crippen molar-refractivity contribution >= 4 is 51.5 Å². The lowest BCUT2D eigenvalue weighted by atomic mass is 10.2. The Morgan fingerprint density at radius 3 is 2.72 bits per heavy atom. The second kappa shape index (κ2) is 9.69. The van der Waals surface area contributed by atoms with Gasteiger partial charge >= 0.3 is 0 Å². The molecule has 1 aromatic heterocycles. The minimum atomic E-state index is -0.425. The number of carbonyl (C=O) groups is 2. The maximum absolute atomic E-state index is 12.3. The molecular formula is C19H16Cl2N4O3S. The number of nitrogens with one attached hydrogen (secondary N) is 2. The van der Waals surface area contributed by atoms with Gasteiger partial charge in [-0.1, -0.05) is 40.6 Å². The summed E-state index contributed by atoms with van der Waals surface area (Å²) in [5.41, 5.74) is 0.759. The number of aromatic nitrogens is 2. The molecule has 29 heavy (non-hydrogen) atoms. The molecule has 2 N–H and O–H groups in total. The van der Waals surface area contributed by atoms with Gasteiger partial charge in [-0.05, 0) is 36.4 Å². The summed E-state index contributed by atoms with van der Waals surface area (Å²) in [4.78, 5) is 24.5. The van der Waals surface area contributed by atoms with Gasteiger partial charge in [0, 0.05) is 23.6 Å². The van der Waals surface area contributed by atoms with Gasteiger partial charge in [-0.25, -0.2) is 0 Å². The van der Waals surface area contributed by atoms with Gasteiger partial charge < -0.3 is 10.1 Å². The first-order valence-electron chi connectivity index (χ1n) is 8.47. The second-order valence-corrected chi connectivity index (χ2v) is 7.72. The topological polar surface area (TPSA) is 93.2 Å². The van der Waals surface area contributed by atoms with Gasteiger partial charge in [0.15, 0.2) is 0 Å². The minimum Gasteiger partial charge on any atom is -0.497 e. The molecule has 0 atom stereocenters. The Morgan fingerprint density at radius 2 is 1.93 bits per heavy atom. The quantitative estimate of drug-likeness (QED) is 0.565. The van der Waals surface area contributed by atoms with Crippen LogP contribution in [0.3, 0.4) is 0 Å². The number of nitrogens with zero attached hydrogens (tertiary/aromatic N) is 2. The molecule has 0 spiro atoms. The number of amides is 2. The number of rotatable bonds is 7. The normalized spacial score (nSPS) is 10.4. The van der Waals surface area contributed by atoms with Gasteiger partial charge in [0.2, 0.25) is 5.13 Å². The average molecular weight is 451 g/mol. The SMILES string of the molecule is COc1cccc(C(=O)NCCc2nnc(NC(=O)c3cc(Cl)ccc3Cl)s2)c1. The van der Waals surface area contributed by atoms with Crippen molar-refractivity contribution in [2.24, 2.45) is 0 Å². The smallest absolute Gasteiger partial charge is 0.259 e. The number of methoxy groups -OCH3 is 1. The summed E-state index contributed by atoms with van der Waals surface area (Å²) in [5, 5.41) is 15.1. The second-order valence-electron chi connectivity index (χ2n) is 5.82. The van der Waals surface area contributed by atoms with Crippen molar-refractivity contribution in [3.8, 4) is 5.75 Å². The van der Waals surface area contributed by atoms with Crippen molar-refractivity contribution < 1.29 is 14.3 Å². The molecule has 2 amide bonds. The van der Waals surface area contributed by atoms with E-state index in [1.807, 2.05) is 0 Å². The Morgan fingerprint density at radius 1 is 1.10 bits per heavy atom. The molecule has 0 aliphatic heterocycles. The van der Waals surface area contributed by atoms with E-state index < -0.39 is 5.91 Å². The van der Waals surface area contributed by atoms with Crippen LogP contribution in [-0.2, 0) is 6.42 Å². The van der Waals surface area contributed by atoms with Crippen LogP contribution in [0.1, 0.15) is 25.7 Å². The largest absolute Gasteiger partial charge is 0.497 e. The highest BCUT2D eigenvalue weighted by Gasteiger charge is 2.14. The van der Waals surface area contributed by atoms with Crippen LogP contribution in [0.2, 0.25) is 10.0 Å². The maximum atomic E-state index is 12.3. The molecule has 10 heteroatoms. The van der Waals surface area contributed by atoms with Crippen molar-refractivity contribution in [3.05, 3.63) is 68.6 Å². The molecule has 0 fully saturated rings. The molecule has 3 rings (SSSR count). The van der Waals surface area contributed by atoms with Gasteiger partial charge in [-0.2, -0.15) is 0 Å². The van der Waals surface area contributed by atoms with Crippen molar-refractivity contribution in [1.82, 2.24) is 15.5 Å². The number of halogens is 2. The van der Waals surface area contributed by atoms with E-state index in [1.165, 1.54) is 17.4 Å². The molecule has 1 heterocycles. The Bertz CT molecular complexity index is 1040. The number of ether oxygens (including phenoxy) is 1. The van der Waals surface area contributed by atoms with E-state index in [1.54, 1.807) is 43.5 Å². The molecule has 0 unspecified atom stereocenters. The third-order valence-corrected chi connectivity index (χ3v) is 5.28. The van der Waals surface area contributed by atoms with Crippen LogP contribution in [0.5, 0.6) is 5.75 Å². The monoisotopic (exact) mass is 450 g/mol. The summed E-state index contributed by atoms with van der Waals surface area (Å²) >= 11 is 13.2. The predicted octanol–water partition coefficient (Wildman–Crippen LogP) is 4.08. The molecule has 0 bridgehead atoms. The zero-order valence-corrected chi connectivity index (χ0v) is 17.6. The van der Waals surface area contributed by atoms with Crippen molar-refractivity contribution in [1.29, 1.82) is 0 Å². The van der Waals surface area contributed by atoms with Crippen LogP contribution in [0, 0.1) is 0 Å². The van der Waals surface area contributed by atoms with E-state index >= 15 is 0 Å². The van der Waals surface area contributed by atoms with E-state index in [4.69, 9.17) is 27.9 Å². The van der Waals surface area contributed by atoms with E-state index in [-0.39, 0.29) is 16.5 Å². The van der Waals surface area contributed by atoms with E-state index in [0.29, 0.717) is 39.4 Å². The van der Waals surface area contributed by atoms with Crippen LogP contribution in [0.15, 0.2) is 42.5 Å². The minimum absolute atomic E-state index is 0.211. The number of hydrogen-bond acceptors (Lipinski definition) is 6. The zero-order chi connectivity index (χ0) is 20.8. The molecular weight excluding hydrogens is 435 g/mol. The van der Waals surface area contributed by atoms with Gasteiger partial charge in [0.1, 0.15) is 10.8 Å². The summed E-state index contributed by atoms with van der Waals surface area (Å²) in [5.74, 6) is -0.0222. The molecule has 7 nitrogen and oxygen atoms in total. The van der Waals surface area contributed by atoms with E-state index in [2.05, 4.69) is 20.8 Å². The molecule has 0 saturated heterocycles. The zero-order valence-electron chi connectivity index (χ0n) is 15.2. The lowest BCUT2D eigenvalue weighted by Crippen LogP contribution is -2.25. The Balaban J connectivity index is 1.53.